The van der Waals surface area contributed by atoms with Gasteiger partial charge in [-0.2, -0.15) is 0 Å². The summed E-state index contributed by atoms with van der Waals surface area (Å²) in [5.41, 5.74) is 7.72. The Labute approximate surface area is 129 Å². The lowest BCUT2D eigenvalue weighted by atomic mass is 10.1. The summed E-state index contributed by atoms with van der Waals surface area (Å²) >= 11 is 0. The first-order valence-electron chi connectivity index (χ1n) is 7.37. The minimum atomic E-state index is -0.297. The lowest BCUT2D eigenvalue weighted by Gasteiger charge is -2.07. The van der Waals surface area contributed by atoms with Crippen LogP contribution in [0.15, 0.2) is 54.6 Å². The van der Waals surface area contributed by atoms with Crippen LogP contribution in [0.25, 0.3) is 0 Å². The molecule has 112 valence electrons. The second-order valence-electron chi connectivity index (χ2n) is 5.67. The highest BCUT2D eigenvalue weighted by Crippen LogP contribution is 2.47. The zero-order valence-electron chi connectivity index (χ0n) is 12.4. The van der Waals surface area contributed by atoms with Crippen molar-refractivity contribution in [2.24, 2.45) is 5.92 Å². The Hall–Kier alpha value is -2.62. The fourth-order valence-corrected chi connectivity index (χ4v) is 2.62. The van der Waals surface area contributed by atoms with E-state index in [0.717, 1.165) is 12.0 Å². The van der Waals surface area contributed by atoms with Crippen molar-refractivity contribution in [2.75, 3.05) is 0 Å². The van der Waals surface area contributed by atoms with Gasteiger partial charge in [-0.15, -0.1) is 0 Å². The largest absolute Gasteiger partial charge is 0.273 e. The van der Waals surface area contributed by atoms with Crippen LogP contribution in [0.2, 0.25) is 0 Å². The first-order valence-corrected chi connectivity index (χ1v) is 7.37. The van der Waals surface area contributed by atoms with Gasteiger partial charge in [0.15, 0.2) is 0 Å². The molecule has 1 aliphatic carbocycles. The normalized spacial score (nSPS) is 19.3. The number of carbonyl (C=O) groups is 2. The Balaban J connectivity index is 1.52. The van der Waals surface area contributed by atoms with E-state index < -0.39 is 0 Å². The Kier molecular flexibility index (Phi) is 3.92. The molecule has 2 atom stereocenters. The Morgan fingerprint density at radius 3 is 2.50 bits per heavy atom. The average molecular weight is 294 g/mol. The molecule has 3 rings (SSSR count). The monoisotopic (exact) mass is 294 g/mol. The molecule has 4 nitrogen and oxygen atoms in total. The van der Waals surface area contributed by atoms with E-state index in [0.29, 0.717) is 5.56 Å². The number of carbonyl (C=O) groups excluding carboxylic acids is 2. The smallest absolute Gasteiger partial charge is 0.269 e. The molecule has 1 saturated carbocycles. The molecule has 0 aromatic heterocycles. The van der Waals surface area contributed by atoms with Gasteiger partial charge in [0.25, 0.3) is 5.91 Å². The number of rotatable bonds is 3. The molecule has 2 amide bonds. The summed E-state index contributed by atoms with van der Waals surface area (Å²) in [5.74, 6) is -0.221. The SMILES string of the molecule is Cc1cccc(C(=O)NNC(=O)[C@H]2C[C@H]2c2ccccc2)c1. The van der Waals surface area contributed by atoms with Crippen LogP contribution in [0.4, 0.5) is 0 Å². The number of hydrazine groups is 1. The molecule has 0 unspecified atom stereocenters. The topological polar surface area (TPSA) is 58.2 Å². The van der Waals surface area contributed by atoms with Crippen LogP contribution in [0, 0.1) is 12.8 Å². The average Bonchev–Trinajstić information content (AvgIpc) is 3.34. The Morgan fingerprint density at radius 2 is 1.77 bits per heavy atom. The van der Waals surface area contributed by atoms with Gasteiger partial charge in [0.2, 0.25) is 5.91 Å². The third kappa shape index (κ3) is 3.17. The standard InChI is InChI=1S/C18H18N2O2/c1-12-6-5-9-14(10-12)17(21)19-20-18(22)16-11-15(16)13-7-3-2-4-8-13/h2-10,15-16H,11H2,1H3,(H,19,21)(H,20,22)/t15-,16-/m0/s1. The number of hydrogen-bond acceptors (Lipinski definition) is 2. The lowest BCUT2D eigenvalue weighted by molar-refractivity contribution is -0.123. The van der Waals surface area contributed by atoms with E-state index in [1.54, 1.807) is 12.1 Å². The summed E-state index contributed by atoms with van der Waals surface area (Å²) in [4.78, 5) is 24.0. The van der Waals surface area contributed by atoms with Gasteiger partial charge in [0, 0.05) is 11.5 Å². The van der Waals surface area contributed by atoms with E-state index in [4.69, 9.17) is 0 Å². The van der Waals surface area contributed by atoms with E-state index in [9.17, 15) is 9.59 Å². The van der Waals surface area contributed by atoms with Gasteiger partial charge < -0.3 is 0 Å². The van der Waals surface area contributed by atoms with Gasteiger partial charge in [-0.05, 0) is 37.0 Å². The molecule has 0 bridgehead atoms. The summed E-state index contributed by atoms with van der Waals surface area (Å²) in [6.07, 6.45) is 0.830. The number of benzene rings is 2. The Morgan fingerprint density at radius 1 is 1.00 bits per heavy atom. The molecular formula is C18H18N2O2. The van der Waals surface area contributed by atoms with Crippen LogP contribution in [0.1, 0.15) is 33.8 Å². The van der Waals surface area contributed by atoms with Gasteiger partial charge in [0.05, 0.1) is 0 Å². The van der Waals surface area contributed by atoms with Crippen molar-refractivity contribution < 1.29 is 9.59 Å². The van der Waals surface area contributed by atoms with Crippen LogP contribution < -0.4 is 10.9 Å². The highest BCUT2D eigenvalue weighted by Gasteiger charge is 2.43. The number of amides is 2. The van der Waals surface area contributed by atoms with E-state index in [1.165, 1.54) is 5.56 Å². The number of hydrogen-bond donors (Lipinski definition) is 2. The predicted octanol–water partition coefficient (Wildman–Crippen LogP) is 2.56. The van der Waals surface area contributed by atoms with Gasteiger partial charge in [-0.3, -0.25) is 20.4 Å². The first-order chi connectivity index (χ1) is 10.6. The number of nitrogens with one attached hydrogen (secondary N) is 2. The molecule has 1 fully saturated rings. The van der Waals surface area contributed by atoms with Crippen LogP contribution in [-0.2, 0) is 4.79 Å². The molecule has 0 spiro atoms. The molecule has 0 saturated heterocycles. The van der Waals surface area contributed by atoms with Crippen molar-refractivity contribution in [3.8, 4) is 0 Å². The zero-order valence-corrected chi connectivity index (χ0v) is 12.4. The maximum atomic E-state index is 12.1. The van der Waals surface area contributed by atoms with E-state index in [-0.39, 0.29) is 23.7 Å². The van der Waals surface area contributed by atoms with Crippen molar-refractivity contribution in [1.29, 1.82) is 0 Å². The molecule has 0 aliphatic heterocycles. The van der Waals surface area contributed by atoms with Crippen molar-refractivity contribution in [3.63, 3.8) is 0 Å². The number of aryl methyl sites for hydroxylation is 1. The quantitative estimate of drug-likeness (QED) is 0.855. The van der Waals surface area contributed by atoms with Crippen LogP contribution in [0.5, 0.6) is 0 Å². The van der Waals surface area contributed by atoms with E-state index in [2.05, 4.69) is 10.9 Å². The second kappa shape index (κ2) is 6.02. The molecule has 2 N–H and O–H groups in total. The molecule has 0 heterocycles. The van der Waals surface area contributed by atoms with Crippen molar-refractivity contribution in [3.05, 3.63) is 71.3 Å². The fourth-order valence-electron chi connectivity index (χ4n) is 2.62. The van der Waals surface area contributed by atoms with E-state index in [1.807, 2.05) is 49.4 Å². The van der Waals surface area contributed by atoms with Gasteiger partial charge in [-0.1, -0.05) is 48.0 Å². The molecule has 0 radical (unpaired) electrons. The minimum absolute atomic E-state index is 0.0554. The maximum Gasteiger partial charge on any atom is 0.269 e. The van der Waals surface area contributed by atoms with Crippen LogP contribution in [-0.4, -0.2) is 11.8 Å². The third-order valence-corrected chi connectivity index (χ3v) is 3.93. The van der Waals surface area contributed by atoms with Crippen molar-refractivity contribution in [1.82, 2.24) is 10.9 Å². The fraction of sp³-hybridized carbons (Fsp3) is 0.222. The predicted molar refractivity (Wildman–Crippen MR) is 84.1 cm³/mol. The first kappa shape index (κ1) is 14.3. The van der Waals surface area contributed by atoms with Gasteiger partial charge >= 0.3 is 0 Å². The summed E-state index contributed by atoms with van der Waals surface area (Å²) in [6.45, 7) is 1.92. The van der Waals surface area contributed by atoms with Crippen molar-refractivity contribution in [2.45, 2.75) is 19.3 Å². The third-order valence-electron chi connectivity index (χ3n) is 3.93. The Bertz CT molecular complexity index is 697. The molecule has 2 aromatic rings. The molecule has 4 heteroatoms. The molecule has 2 aromatic carbocycles. The van der Waals surface area contributed by atoms with Crippen molar-refractivity contribution >= 4 is 11.8 Å². The zero-order chi connectivity index (χ0) is 15.5. The van der Waals surface area contributed by atoms with Crippen LogP contribution in [0.3, 0.4) is 0 Å². The molecule has 22 heavy (non-hydrogen) atoms. The lowest BCUT2D eigenvalue weighted by Crippen LogP contribution is -2.42. The highest BCUT2D eigenvalue weighted by atomic mass is 16.2. The molecular weight excluding hydrogens is 276 g/mol. The summed E-state index contributed by atoms with van der Waals surface area (Å²) < 4.78 is 0. The summed E-state index contributed by atoms with van der Waals surface area (Å²) in [7, 11) is 0. The maximum absolute atomic E-state index is 12.1. The highest BCUT2D eigenvalue weighted by molar-refractivity contribution is 5.96. The van der Waals surface area contributed by atoms with Gasteiger partial charge in [0.1, 0.15) is 0 Å². The molecule has 1 aliphatic rings. The van der Waals surface area contributed by atoms with Crippen LogP contribution >= 0.6 is 0 Å². The van der Waals surface area contributed by atoms with E-state index >= 15 is 0 Å². The minimum Gasteiger partial charge on any atom is -0.273 e. The summed E-state index contributed by atoms with van der Waals surface area (Å²) in [6, 6.07) is 17.2. The summed E-state index contributed by atoms with van der Waals surface area (Å²) in [5, 5.41) is 0. The second-order valence-corrected chi connectivity index (χ2v) is 5.67. The van der Waals surface area contributed by atoms with Gasteiger partial charge in [-0.25, -0.2) is 0 Å².